The van der Waals surface area contributed by atoms with E-state index in [9.17, 15) is 0 Å². The van der Waals surface area contributed by atoms with Crippen LogP contribution in [0.1, 0.15) is 24.7 Å². The zero-order valence-electron chi connectivity index (χ0n) is 11.2. The van der Waals surface area contributed by atoms with Crippen LogP contribution in [0.25, 0.3) is 0 Å². The van der Waals surface area contributed by atoms with Gasteiger partial charge in [0.2, 0.25) is 0 Å². The molecular weight excluding hydrogens is 262 g/mol. The van der Waals surface area contributed by atoms with Crippen LogP contribution in [-0.4, -0.2) is 26.3 Å². The molecule has 0 fully saturated rings. The fraction of sp³-hybridized carbons (Fsp3) is 0.462. The van der Waals surface area contributed by atoms with E-state index in [1.807, 2.05) is 30.8 Å². The second-order valence-electron chi connectivity index (χ2n) is 4.31. The number of nitrogens with zero attached hydrogens (tertiary/aromatic N) is 4. The Hall–Kier alpha value is -1.62. The lowest BCUT2D eigenvalue weighted by Crippen LogP contribution is -2.10. The van der Waals surface area contributed by atoms with Crippen molar-refractivity contribution < 1.29 is 0 Å². The maximum Gasteiger partial charge on any atom is 0.137 e. The number of aromatic nitrogens is 4. The number of rotatable bonds is 6. The second kappa shape index (κ2) is 6.52. The van der Waals surface area contributed by atoms with Crippen molar-refractivity contribution in [1.29, 1.82) is 0 Å². The lowest BCUT2D eigenvalue weighted by atomic mass is 10.3. The van der Waals surface area contributed by atoms with Gasteiger partial charge in [0.1, 0.15) is 16.8 Å². The molecule has 0 amide bonds. The van der Waals surface area contributed by atoms with Crippen molar-refractivity contribution in [2.24, 2.45) is 0 Å². The molecule has 6 heteroatoms. The van der Waals surface area contributed by atoms with E-state index in [-0.39, 0.29) is 0 Å². The summed E-state index contributed by atoms with van der Waals surface area (Å²) in [5.41, 5.74) is 0.901. The van der Waals surface area contributed by atoms with E-state index in [1.54, 1.807) is 6.20 Å². The van der Waals surface area contributed by atoms with Gasteiger partial charge in [0.15, 0.2) is 0 Å². The van der Waals surface area contributed by atoms with Crippen molar-refractivity contribution in [2.45, 2.75) is 33.2 Å². The highest BCUT2D eigenvalue weighted by Gasteiger charge is 2.07. The Morgan fingerprint density at radius 2 is 2.21 bits per heavy atom. The van der Waals surface area contributed by atoms with Crippen LogP contribution in [0, 0.1) is 6.92 Å². The van der Waals surface area contributed by atoms with Crippen LogP contribution in [0.2, 0.25) is 5.15 Å². The molecule has 0 bridgehead atoms. The molecular formula is C13H18ClN5. The highest BCUT2D eigenvalue weighted by molar-refractivity contribution is 6.30. The van der Waals surface area contributed by atoms with E-state index in [1.165, 1.54) is 0 Å². The molecule has 1 N–H and O–H groups in total. The average Bonchev–Trinajstić information content (AvgIpc) is 2.92. The van der Waals surface area contributed by atoms with E-state index < -0.39 is 0 Å². The molecule has 2 heterocycles. The third kappa shape index (κ3) is 3.67. The molecule has 0 aromatic carbocycles. The molecule has 0 saturated carbocycles. The second-order valence-corrected chi connectivity index (χ2v) is 4.67. The zero-order valence-corrected chi connectivity index (χ0v) is 12.0. The summed E-state index contributed by atoms with van der Waals surface area (Å²) in [5, 5.41) is 8.01. The molecule has 2 rings (SSSR count). The first-order valence-corrected chi connectivity index (χ1v) is 6.82. The largest absolute Gasteiger partial charge is 0.370 e. The van der Waals surface area contributed by atoms with Gasteiger partial charge in [0, 0.05) is 37.5 Å². The number of aryl methyl sites for hydroxylation is 2. The Morgan fingerprint density at radius 3 is 2.89 bits per heavy atom. The highest BCUT2D eigenvalue weighted by Crippen LogP contribution is 2.19. The first kappa shape index (κ1) is 13.8. The van der Waals surface area contributed by atoms with Gasteiger partial charge in [-0.15, -0.1) is 0 Å². The van der Waals surface area contributed by atoms with Crippen LogP contribution in [0.3, 0.4) is 0 Å². The smallest absolute Gasteiger partial charge is 0.137 e. The monoisotopic (exact) mass is 279 g/mol. The van der Waals surface area contributed by atoms with Gasteiger partial charge in [-0.3, -0.25) is 4.68 Å². The van der Waals surface area contributed by atoms with Gasteiger partial charge in [-0.25, -0.2) is 9.97 Å². The molecule has 0 saturated heterocycles. The van der Waals surface area contributed by atoms with Crippen LogP contribution in [0.4, 0.5) is 5.82 Å². The standard InChI is InChI=1S/C13H18ClN5/c1-3-11-17-12(14)10(2)13(18-11)15-6-4-8-19-9-5-7-16-19/h5,7,9H,3-4,6,8H2,1-2H3,(H,15,17,18). The summed E-state index contributed by atoms with van der Waals surface area (Å²) in [4.78, 5) is 8.68. The topological polar surface area (TPSA) is 55.6 Å². The molecule has 0 spiro atoms. The van der Waals surface area contributed by atoms with Crippen LogP contribution in [0.15, 0.2) is 18.5 Å². The maximum absolute atomic E-state index is 6.09. The fourth-order valence-electron chi connectivity index (χ4n) is 1.74. The van der Waals surface area contributed by atoms with Gasteiger partial charge in [-0.05, 0) is 19.4 Å². The SMILES string of the molecule is CCc1nc(Cl)c(C)c(NCCCn2cccn2)n1. The first-order chi connectivity index (χ1) is 9.20. The summed E-state index contributed by atoms with van der Waals surface area (Å²) in [7, 11) is 0. The molecule has 0 unspecified atom stereocenters. The summed E-state index contributed by atoms with van der Waals surface area (Å²) in [6.07, 6.45) is 5.50. The molecule has 0 aliphatic carbocycles. The number of hydrogen-bond donors (Lipinski definition) is 1. The molecule has 0 aliphatic heterocycles. The zero-order chi connectivity index (χ0) is 13.7. The average molecular weight is 280 g/mol. The number of halogens is 1. The van der Waals surface area contributed by atoms with Gasteiger partial charge >= 0.3 is 0 Å². The molecule has 2 aromatic rings. The molecule has 0 atom stereocenters. The quantitative estimate of drug-likeness (QED) is 0.652. The normalized spacial score (nSPS) is 10.7. The van der Waals surface area contributed by atoms with Gasteiger partial charge < -0.3 is 5.32 Å². The van der Waals surface area contributed by atoms with E-state index >= 15 is 0 Å². The van der Waals surface area contributed by atoms with Crippen LogP contribution >= 0.6 is 11.6 Å². The third-order valence-electron chi connectivity index (χ3n) is 2.86. The summed E-state index contributed by atoms with van der Waals surface area (Å²) in [5.74, 6) is 1.60. The van der Waals surface area contributed by atoms with Gasteiger partial charge in [-0.2, -0.15) is 5.10 Å². The summed E-state index contributed by atoms with van der Waals surface area (Å²) >= 11 is 6.09. The predicted octanol–water partition coefficient (Wildman–Crippen LogP) is 2.70. The Morgan fingerprint density at radius 1 is 1.37 bits per heavy atom. The first-order valence-electron chi connectivity index (χ1n) is 6.45. The third-order valence-corrected chi connectivity index (χ3v) is 3.23. The lowest BCUT2D eigenvalue weighted by Gasteiger charge is -2.10. The van der Waals surface area contributed by atoms with Crippen molar-refractivity contribution in [3.8, 4) is 0 Å². The Balaban J connectivity index is 1.90. The Bertz CT molecular complexity index is 524. The molecule has 19 heavy (non-hydrogen) atoms. The number of hydrogen-bond acceptors (Lipinski definition) is 4. The van der Waals surface area contributed by atoms with E-state index in [4.69, 9.17) is 11.6 Å². The molecule has 0 radical (unpaired) electrons. The van der Waals surface area contributed by atoms with Crippen molar-refractivity contribution in [3.63, 3.8) is 0 Å². The highest BCUT2D eigenvalue weighted by atomic mass is 35.5. The van der Waals surface area contributed by atoms with E-state index in [2.05, 4.69) is 20.4 Å². The van der Waals surface area contributed by atoms with Gasteiger partial charge in [0.05, 0.1) is 0 Å². The van der Waals surface area contributed by atoms with Crippen molar-refractivity contribution >= 4 is 17.4 Å². The molecule has 2 aromatic heterocycles. The number of nitrogens with one attached hydrogen (secondary N) is 1. The van der Waals surface area contributed by atoms with Crippen LogP contribution in [-0.2, 0) is 13.0 Å². The minimum atomic E-state index is 0.529. The van der Waals surface area contributed by atoms with Crippen molar-refractivity contribution in [1.82, 2.24) is 19.7 Å². The minimum Gasteiger partial charge on any atom is -0.370 e. The van der Waals surface area contributed by atoms with Crippen molar-refractivity contribution in [2.75, 3.05) is 11.9 Å². The van der Waals surface area contributed by atoms with Crippen LogP contribution in [0.5, 0.6) is 0 Å². The Kier molecular flexibility index (Phi) is 4.74. The predicted molar refractivity (Wildman–Crippen MR) is 76.5 cm³/mol. The van der Waals surface area contributed by atoms with Gasteiger partial charge in [0.25, 0.3) is 0 Å². The lowest BCUT2D eigenvalue weighted by molar-refractivity contribution is 0.591. The summed E-state index contributed by atoms with van der Waals surface area (Å²) < 4.78 is 1.92. The summed E-state index contributed by atoms with van der Waals surface area (Å²) in [6.45, 7) is 5.66. The molecule has 0 aliphatic rings. The summed E-state index contributed by atoms with van der Waals surface area (Å²) in [6, 6.07) is 1.93. The maximum atomic E-state index is 6.09. The number of anilines is 1. The Labute approximate surface area is 118 Å². The minimum absolute atomic E-state index is 0.529. The van der Waals surface area contributed by atoms with Crippen molar-refractivity contribution in [3.05, 3.63) is 35.0 Å². The molecule has 5 nitrogen and oxygen atoms in total. The molecule has 102 valence electrons. The van der Waals surface area contributed by atoms with Crippen LogP contribution < -0.4 is 5.32 Å². The van der Waals surface area contributed by atoms with Gasteiger partial charge in [-0.1, -0.05) is 18.5 Å². The fourth-order valence-corrected chi connectivity index (χ4v) is 1.93. The van der Waals surface area contributed by atoms with E-state index in [0.29, 0.717) is 5.15 Å². The van der Waals surface area contributed by atoms with E-state index in [0.717, 1.165) is 43.1 Å².